The molecule has 0 saturated carbocycles. The Bertz CT molecular complexity index is 467. The maximum Gasteiger partial charge on any atom is 0.272 e. The summed E-state index contributed by atoms with van der Waals surface area (Å²) in [5.41, 5.74) is 0.439. The van der Waals surface area contributed by atoms with Gasteiger partial charge < -0.3 is 10.2 Å². The molecule has 1 aromatic carbocycles. The zero-order valence-electron chi connectivity index (χ0n) is 9.20. The Morgan fingerprint density at radius 3 is 2.71 bits per heavy atom. The van der Waals surface area contributed by atoms with Crippen LogP contribution in [0.4, 0.5) is 5.69 Å². The van der Waals surface area contributed by atoms with Gasteiger partial charge in [0, 0.05) is 11.6 Å². The van der Waals surface area contributed by atoms with Gasteiger partial charge in [-0.1, -0.05) is 12.1 Å². The summed E-state index contributed by atoms with van der Waals surface area (Å²) >= 11 is 0. The number of nitriles is 1. The SMILES string of the molecule is Cc1c(C(O)C(O)CC#N)cccc1[N+](=O)[O-]. The number of aliphatic hydroxyl groups excluding tert-OH is 2. The second-order valence-corrected chi connectivity index (χ2v) is 3.62. The maximum atomic E-state index is 10.7. The molecule has 0 aliphatic heterocycles. The molecule has 0 fully saturated rings. The van der Waals surface area contributed by atoms with Crippen LogP contribution < -0.4 is 0 Å². The summed E-state index contributed by atoms with van der Waals surface area (Å²) in [6, 6.07) is 5.98. The van der Waals surface area contributed by atoms with E-state index in [4.69, 9.17) is 5.26 Å². The molecular formula is C11H12N2O4. The Morgan fingerprint density at radius 1 is 1.53 bits per heavy atom. The van der Waals surface area contributed by atoms with E-state index in [-0.39, 0.29) is 17.7 Å². The van der Waals surface area contributed by atoms with Gasteiger partial charge in [-0.2, -0.15) is 5.26 Å². The number of aliphatic hydroxyl groups is 2. The average Bonchev–Trinajstić information content (AvgIpc) is 2.28. The number of hydrogen-bond acceptors (Lipinski definition) is 5. The highest BCUT2D eigenvalue weighted by Crippen LogP contribution is 2.28. The van der Waals surface area contributed by atoms with Crippen LogP contribution in [0.3, 0.4) is 0 Å². The zero-order valence-corrected chi connectivity index (χ0v) is 9.20. The Hall–Kier alpha value is -1.97. The molecule has 0 amide bonds. The van der Waals surface area contributed by atoms with Gasteiger partial charge in [-0.3, -0.25) is 10.1 Å². The van der Waals surface area contributed by atoms with Crippen LogP contribution in [-0.4, -0.2) is 21.2 Å². The van der Waals surface area contributed by atoms with Gasteiger partial charge in [0.25, 0.3) is 5.69 Å². The van der Waals surface area contributed by atoms with E-state index in [1.807, 2.05) is 0 Å². The number of rotatable bonds is 4. The van der Waals surface area contributed by atoms with E-state index in [0.29, 0.717) is 5.56 Å². The number of nitro benzene ring substituents is 1. The molecule has 0 spiro atoms. The summed E-state index contributed by atoms with van der Waals surface area (Å²) in [5.74, 6) is 0. The number of nitro groups is 1. The summed E-state index contributed by atoms with van der Waals surface area (Å²) in [7, 11) is 0. The van der Waals surface area contributed by atoms with Crippen molar-refractivity contribution in [3.8, 4) is 6.07 Å². The van der Waals surface area contributed by atoms with Crippen molar-refractivity contribution in [3.05, 3.63) is 39.4 Å². The first kappa shape index (κ1) is 13.1. The van der Waals surface area contributed by atoms with Crippen molar-refractivity contribution in [2.45, 2.75) is 25.6 Å². The van der Waals surface area contributed by atoms with Crippen LogP contribution in [0.25, 0.3) is 0 Å². The molecule has 1 aromatic rings. The summed E-state index contributed by atoms with van der Waals surface area (Å²) in [4.78, 5) is 10.1. The fraction of sp³-hybridized carbons (Fsp3) is 0.364. The van der Waals surface area contributed by atoms with Crippen molar-refractivity contribution in [2.75, 3.05) is 0 Å². The van der Waals surface area contributed by atoms with Crippen molar-refractivity contribution < 1.29 is 15.1 Å². The van der Waals surface area contributed by atoms with Gasteiger partial charge in [0.05, 0.1) is 23.5 Å². The molecule has 6 nitrogen and oxygen atoms in total. The lowest BCUT2D eigenvalue weighted by atomic mass is 9.97. The molecular weight excluding hydrogens is 224 g/mol. The topological polar surface area (TPSA) is 107 Å². The van der Waals surface area contributed by atoms with Crippen LogP contribution in [0.1, 0.15) is 23.7 Å². The quantitative estimate of drug-likeness (QED) is 0.603. The molecule has 0 aliphatic rings. The standard InChI is InChI=1S/C11H12N2O4/c1-7-8(11(15)10(14)5-6-12)3-2-4-9(7)13(16)17/h2-4,10-11,14-15H,5H2,1H3. The molecule has 2 atom stereocenters. The monoisotopic (exact) mass is 236 g/mol. The third-order valence-electron chi connectivity index (χ3n) is 2.53. The van der Waals surface area contributed by atoms with E-state index in [9.17, 15) is 20.3 Å². The van der Waals surface area contributed by atoms with Crippen LogP contribution >= 0.6 is 0 Å². The molecule has 90 valence electrons. The normalized spacial score (nSPS) is 13.8. The van der Waals surface area contributed by atoms with Crippen LogP contribution in [0.5, 0.6) is 0 Å². The molecule has 2 unspecified atom stereocenters. The number of benzene rings is 1. The lowest BCUT2D eigenvalue weighted by molar-refractivity contribution is -0.385. The van der Waals surface area contributed by atoms with Gasteiger partial charge in [-0.15, -0.1) is 0 Å². The first-order valence-corrected chi connectivity index (χ1v) is 4.96. The van der Waals surface area contributed by atoms with E-state index < -0.39 is 17.1 Å². The minimum absolute atomic E-state index is 0.120. The lowest BCUT2D eigenvalue weighted by Gasteiger charge is -2.17. The molecule has 0 aliphatic carbocycles. The predicted molar refractivity (Wildman–Crippen MR) is 59.0 cm³/mol. The van der Waals surface area contributed by atoms with Gasteiger partial charge in [0.1, 0.15) is 6.10 Å². The van der Waals surface area contributed by atoms with Crippen LogP contribution in [0.2, 0.25) is 0 Å². The van der Waals surface area contributed by atoms with Crippen LogP contribution in [0, 0.1) is 28.4 Å². The minimum atomic E-state index is -1.30. The maximum absolute atomic E-state index is 10.7. The van der Waals surface area contributed by atoms with Crippen molar-refractivity contribution in [1.29, 1.82) is 5.26 Å². The Balaban J connectivity index is 3.11. The third kappa shape index (κ3) is 2.78. The summed E-state index contributed by atoms with van der Waals surface area (Å²) in [6.45, 7) is 1.50. The predicted octanol–water partition coefficient (Wildman–Crippen LogP) is 1.21. The second kappa shape index (κ2) is 5.39. The van der Waals surface area contributed by atoms with E-state index in [0.717, 1.165) is 0 Å². The van der Waals surface area contributed by atoms with Crippen molar-refractivity contribution >= 4 is 5.69 Å². The third-order valence-corrected chi connectivity index (χ3v) is 2.53. The summed E-state index contributed by atoms with van der Waals surface area (Å²) in [6.07, 6.45) is -2.78. The number of hydrogen-bond donors (Lipinski definition) is 2. The summed E-state index contributed by atoms with van der Waals surface area (Å²) in [5, 5.41) is 38.4. The van der Waals surface area contributed by atoms with Crippen molar-refractivity contribution in [2.24, 2.45) is 0 Å². The Kier molecular flexibility index (Phi) is 4.15. The van der Waals surface area contributed by atoms with Gasteiger partial charge in [-0.25, -0.2) is 0 Å². The molecule has 0 aromatic heterocycles. The van der Waals surface area contributed by atoms with Crippen LogP contribution in [-0.2, 0) is 0 Å². The molecule has 6 heteroatoms. The molecule has 0 bridgehead atoms. The van der Waals surface area contributed by atoms with E-state index >= 15 is 0 Å². The molecule has 0 heterocycles. The second-order valence-electron chi connectivity index (χ2n) is 3.62. The number of nitrogens with zero attached hydrogens (tertiary/aromatic N) is 2. The first-order chi connectivity index (χ1) is 7.99. The highest BCUT2D eigenvalue weighted by molar-refractivity contribution is 5.45. The van der Waals surface area contributed by atoms with Gasteiger partial charge >= 0.3 is 0 Å². The first-order valence-electron chi connectivity index (χ1n) is 4.96. The lowest BCUT2D eigenvalue weighted by Crippen LogP contribution is -2.18. The molecule has 0 radical (unpaired) electrons. The largest absolute Gasteiger partial charge is 0.389 e. The highest BCUT2D eigenvalue weighted by Gasteiger charge is 2.23. The average molecular weight is 236 g/mol. The van der Waals surface area contributed by atoms with E-state index in [2.05, 4.69) is 0 Å². The summed E-state index contributed by atoms with van der Waals surface area (Å²) < 4.78 is 0. The smallest absolute Gasteiger partial charge is 0.272 e. The Morgan fingerprint density at radius 2 is 2.18 bits per heavy atom. The van der Waals surface area contributed by atoms with Crippen LogP contribution in [0.15, 0.2) is 18.2 Å². The van der Waals surface area contributed by atoms with Gasteiger partial charge in [0.2, 0.25) is 0 Å². The zero-order chi connectivity index (χ0) is 13.0. The molecule has 1 rings (SSSR count). The molecule has 17 heavy (non-hydrogen) atoms. The molecule has 0 saturated heterocycles. The van der Waals surface area contributed by atoms with Gasteiger partial charge in [0.15, 0.2) is 0 Å². The van der Waals surface area contributed by atoms with E-state index in [1.165, 1.54) is 25.1 Å². The van der Waals surface area contributed by atoms with Crippen molar-refractivity contribution in [1.82, 2.24) is 0 Å². The Labute approximate surface area is 97.9 Å². The molecule has 2 N–H and O–H groups in total. The van der Waals surface area contributed by atoms with E-state index in [1.54, 1.807) is 6.07 Å². The fourth-order valence-corrected chi connectivity index (χ4v) is 1.57. The van der Waals surface area contributed by atoms with Gasteiger partial charge in [-0.05, 0) is 12.5 Å². The highest BCUT2D eigenvalue weighted by atomic mass is 16.6. The fourth-order valence-electron chi connectivity index (χ4n) is 1.57. The minimum Gasteiger partial charge on any atom is -0.389 e. The van der Waals surface area contributed by atoms with Crippen molar-refractivity contribution in [3.63, 3.8) is 0 Å².